The van der Waals surface area contributed by atoms with Crippen LogP contribution in [0.2, 0.25) is 0 Å². The van der Waals surface area contributed by atoms with Gasteiger partial charge in [-0.25, -0.2) is 4.39 Å². The topological polar surface area (TPSA) is 79.2 Å². The Bertz CT molecular complexity index is 813. The van der Waals surface area contributed by atoms with Crippen molar-refractivity contribution in [2.24, 2.45) is 0 Å². The second-order valence-corrected chi connectivity index (χ2v) is 6.02. The highest BCUT2D eigenvalue weighted by atomic mass is 19.1. The maximum atomic E-state index is 13.4. The van der Waals surface area contributed by atoms with Crippen molar-refractivity contribution in [2.45, 2.75) is 41.0 Å². The van der Waals surface area contributed by atoms with Gasteiger partial charge in [0.25, 0.3) is 5.91 Å². The fourth-order valence-corrected chi connectivity index (χ4v) is 2.43. The van der Waals surface area contributed by atoms with Gasteiger partial charge in [-0.3, -0.25) is 9.59 Å². The quantitative estimate of drug-likeness (QED) is 0.468. The second-order valence-electron chi connectivity index (χ2n) is 6.02. The molecule has 5 nitrogen and oxygen atoms in total. The lowest BCUT2D eigenvalue weighted by molar-refractivity contribution is -0.142. The number of amides is 1. The van der Waals surface area contributed by atoms with Gasteiger partial charge in [0.2, 0.25) is 0 Å². The number of rotatable bonds is 6. The molecule has 26 heavy (non-hydrogen) atoms. The van der Waals surface area contributed by atoms with Gasteiger partial charge >= 0.3 is 5.97 Å². The molecule has 0 saturated carbocycles. The molecule has 0 aliphatic rings. The average Bonchev–Trinajstić information content (AvgIpc) is 2.56. The summed E-state index contributed by atoms with van der Waals surface area (Å²) in [7, 11) is 0. The summed E-state index contributed by atoms with van der Waals surface area (Å²) in [5.74, 6) is -1.38. The van der Waals surface area contributed by atoms with Gasteiger partial charge in [-0.05, 0) is 58.4 Å². The Morgan fingerprint density at radius 3 is 2.42 bits per heavy atom. The van der Waals surface area contributed by atoms with Crippen molar-refractivity contribution in [3.63, 3.8) is 0 Å². The first-order chi connectivity index (χ1) is 12.2. The molecule has 0 aromatic heterocycles. The van der Waals surface area contributed by atoms with Crippen molar-refractivity contribution >= 4 is 17.6 Å². The minimum atomic E-state index is -0.644. The van der Waals surface area contributed by atoms with E-state index in [9.17, 15) is 14.0 Å². The van der Waals surface area contributed by atoms with Gasteiger partial charge in [0.1, 0.15) is 11.9 Å². The van der Waals surface area contributed by atoms with E-state index in [0.29, 0.717) is 23.4 Å². The highest BCUT2D eigenvalue weighted by molar-refractivity contribution is 6.07. The van der Waals surface area contributed by atoms with E-state index in [1.54, 1.807) is 40.7 Å². The number of hydrogen-bond donors (Lipinski definition) is 1. The fraction of sp³-hybridized carbons (Fsp3) is 0.350. The van der Waals surface area contributed by atoms with Crippen molar-refractivity contribution in [1.82, 2.24) is 0 Å². The van der Waals surface area contributed by atoms with Gasteiger partial charge in [-0.2, -0.15) is 5.26 Å². The van der Waals surface area contributed by atoms with E-state index in [2.05, 4.69) is 5.32 Å². The number of allylic oxidation sites excluding steroid dienone is 1. The van der Waals surface area contributed by atoms with Crippen molar-refractivity contribution in [2.75, 3.05) is 11.9 Å². The van der Waals surface area contributed by atoms with Crippen LogP contribution in [0.15, 0.2) is 40.5 Å². The summed E-state index contributed by atoms with van der Waals surface area (Å²) >= 11 is 0. The molecular weight excluding hydrogens is 335 g/mol. The molecule has 1 amide bonds. The van der Waals surface area contributed by atoms with E-state index in [4.69, 9.17) is 10.00 Å². The van der Waals surface area contributed by atoms with Gasteiger partial charge < -0.3 is 10.1 Å². The van der Waals surface area contributed by atoms with Crippen LogP contribution in [-0.2, 0) is 14.3 Å². The predicted molar refractivity (Wildman–Crippen MR) is 97.7 cm³/mol. The molecule has 1 N–H and O–H groups in total. The summed E-state index contributed by atoms with van der Waals surface area (Å²) in [6.45, 7) is 9.16. The normalized spacial score (nSPS) is 11.1. The summed E-state index contributed by atoms with van der Waals surface area (Å²) in [6, 6.07) is 5.53. The molecule has 138 valence electrons. The summed E-state index contributed by atoms with van der Waals surface area (Å²) in [5, 5.41) is 11.6. The van der Waals surface area contributed by atoms with Gasteiger partial charge in [-0.15, -0.1) is 0 Å². The van der Waals surface area contributed by atoms with E-state index in [0.717, 1.165) is 17.2 Å². The smallest absolute Gasteiger partial charge is 0.309 e. The summed E-state index contributed by atoms with van der Waals surface area (Å²) in [6.07, 6.45) is 0.0961. The van der Waals surface area contributed by atoms with E-state index in [1.165, 1.54) is 12.1 Å². The SMILES string of the molecule is CCOC(=O)C/C(C)=C(\C)C(C(=O)Nc1ccc(F)c(C#N)c1)=C(C)C. The molecular formula is C20H23FN2O3. The van der Waals surface area contributed by atoms with Crippen molar-refractivity contribution in [3.8, 4) is 6.07 Å². The number of nitriles is 1. The molecule has 1 aromatic carbocycles. The van der Waals surface area contributed by atoms with Crippen LogP contribution in [0.3, 0.4) is 0 Å². The standard InChI is InChI=1S/C20H23FN2O3/c1-6-26-18(24)9-13(4)14(5)19(12(2)3)20(25)23-16-7-8-17(21)15(10-16)11-22/h7-8,10H,6,9H2,1-5H3,(H,23,25)/b14-13+. The van der Waals surface area contributed by atoms with E-state index >= 15 is 0 Å². The predicted octanol–water partition coefficient (Wildman–Crippen LogP) is 4.26. The van der Waals surface area contributed by atoms with Crippen LogP contribution in [0.25, 0.3) is 0 Å². The fourth-order valence-electron chi connectivity index (χ4n) is 2.43. The number of carbonyl (C=O) groups excluding carboxylic acids is 2. The summed E-state index contributed by atoms with van der Waals surface area (Å²) in [4.78, 5) is 24.4. The average molecular weight is 358 g/mol. The molecule has 0 spiro atoms. The third-order valence-electron chi connectivity index (χ3n) is 3.80. The van der Waals surface area contributed by atoms with Crippen LogP contribution in [-0.4, -0.2) is 18.5 Å². The highest BCUT2D eigenvalue weighted by Crippen LogP contribution is 2.23. The molecule has 0 unspecified atom stereocenters. The first-order valence-corrected chi connectivity index (χ1v) is 8.22. The molecule has 0 radical (unpaired) electrons. The van der Waals surface area contributed by atoms with Crippen molar-refractivity contribution < 1.29 is 18.7 Å². The number of anilines is 1. The zero-order chi connectivity index (χ0) is 19.9. The second kappa shape index (κ2) is 9.52. The van der Waals surface area contributed by atoms with Gasteiger partial charge in [0.05, 0.1) is 18.6 Å². The molecule has 6 heteroatoms. The Kier molecular flexibility index (Phi) is 7.73. The van der Waals surface area contributed by atoms with Crippen LogP contribution >= 0.6 is 0 Å². The number of carbonyl (C=O) groups is 2. The zero-order valence-electron chi connectivity index (χ0n) is 15.7. The third kappa shape index (κ3) is 5.55. The third-order valence-corrected chi connectivity index (χ3v) is 3.80. The largest absolute Gasteiger partial charge is 0.466 e. The number of benzene rings is 1. The molecule has 0 saturated heterocycles. The molecule has 0 heterocycles. The number of halogens is 1. The maximum absolute atomic E-state index is 13.4. The molecule has 0 atom stereocenters. The Hall–Kier alpha value is -2.94. The molecule has 1 rings (SSSR count). The van der Waals surface area contributed by atoms with Crippen LogP contribution < -0.4 is 5.32 Å². The maximum Gasteiger partial charge on any atom is 0.309 e. The number of ether oxygens (including phenoxy) is 1. The first kappa shape index (κ1) is 21.1. The Morgan fingerprint density at radius 2 is 1.88 bits per heavy atom. The molecule has 0 aliphatic carbocycles. The summed E-state index contributed by atoms with van der Waals surface area (Å²) in [5.41, 5.74) is 2.79. The van der Waals surface area contributed by atoms with Crippen LogP contribution in [0.1, 0.15) is 46.6 Å². The lowest BCUT2D eigenvalue weighted by Crippen LogP contribution is -2.17. The van der Waals surface area contributed by atoms with E-state index in [1.807, 2.05) is 0 Å². The van der Waals surface area contributed by atoms with Crippen molar-refractivity contribution in [3.05, 3.63) is 51.9 Å². The Morgan fingerprint density at radius 1 is 1.23 bits per heavy atom. The number of nitrogens with zero attached hydrogens (tertiary/aromatic N) is 1. The van der Waals surface area contributed by atoms with Crippen molar-refractivity contribution in [1.29, 1.82) is 5.26 Å². The summed E-state index contributed by atoms with van der Waals surface area (Å²) < 4.78 is 18.4. The molecule has 1 aromatic rings. The number of hydrogen-bond acceptors (Lipinski definition) is 4. The number of esters is 1. The minimum absolute atomic E-state index is 0.0961. The number of nitrogens with one attached hydrogen (secondary N) is 1. The highest BCUT2D eigenvalue weighted by Gasteiger charge is 2.17. The zero-order valence-corrected chi connectivity index (χ0v) is 15.7. The van der Waals surface area contributed by atoms with Gasteiger partial charge in [-0.1, -0.05) is 11.1 Å². The van der Waals surface area contributed by atoms with Gasteiger partial charge in [0, 0.05) is 11.3 Å². The monoisotopic (exact) mass is 358 g/mol. The lowest BCUT2D eigenvalue weighted by atomic mass is 9.96. The van der Waals surface area contributed by atoms with Crippen LogP contribution in [0.4, 0.5) is 10.1 Å². The van der Waals surface area contributed by atoms with E-state index in [-0.39, 0.29) is 23.9 Å². The molecule has 0 aliphatic heterocycles. The molecule has 0 fully saturated rings. The first-order valence-electron chi connectivity index (χ1n) is 8.22. The Labute approximate surface area is 153 Å². The Balaban J connectivity index is 3.11. The van der Waals surface area contributed by atoms with Crippen LogP contribution in [0, 0.1) is 17.1 Å². The molecule has 0 bridgehead atoms. The van der Waals surface area contributed by atoms with Crippen LogP contribution in [0.5, 0.6) is 0 Å². The van der Waals surface area contributed by atoms with Gasteiger partial charge in [0.15, 0.2) is 0 Å². The lowest BCUT2D eigenvalue weighted by Gasteiger charge is -2.15. The van der Waals surface area contributed by atoms with E-state index < -0.39 is 5.82 Å². The minimum Gasteiger partial charge on any atom is -0.466 e.